The fourth-order valence-electron chi connectivity index (χ4n) is 4.33. The molecule has 2 saturated heterocycles. The van der Waals surface area contributed by atoms with Crippen molar-refractivity contribution in [1.82, 2.24) is 9.80 Å². The number of nitrogens with zero attached hydrogens (tertiary/aromatic N) is 3. The molecule has 1 unspecified atom stereocenters. The van der Waals surface area contributed by atoms with E-state index in [-0.39, 0.29) is 17.8 Å². The first kappa shape index (κ1) is 19.7. The molecule has 0 bridgehead atoms. The Morgan fingerprint density at radius 3 is 2.45 bits per heavy atom. The number of anilines is 1. The van der Waals surface area contributed by atoms with Gasteiger partial charge in [-0.3, -0.25) is 9.69 Å². The summed E-state index contributed by atoms with van der Waals surface area (Å²) in [5.41, 5.74) is 1.82. The monoisotopic (exact) mass is 397 g/mol. The minimum absolute atomic E-state index is 0.137. The van der Waals surface area contributed by atoms with E-state index in [0.29, 0.717) is 12.1 Å². The summed E-state index contributed by atoms with van der Waals surface area (Å²) in [5, 5.41) is 0. The Hall–Kier alpha value is -2.60. The molecule has 2 fully saturated rings. The number of benzene rings is 2. The molecule has 154 valence electrons. The van der Waals surface area contributed by atoms with E-state index in [2.05, 4.69) is 21.9 Å². The highest BCUT2D eigenvalue weighted by Gasteiger charge is 2.35. The van der Waals surface area contributed by atoms with E-state index in [4.69, 9.17) is 4.74 Å². The third-order valence-corrected chi connectivity index (χ3v) is 6.01. The molecular formula is C23H28FN3O2. The third-order valence-electron chi connectivity index (χ3n) is 6.01. The summed E-state index contributed by atoms with van der Waals surface area (Å²) in [6.45, 7) is 4.41. The summed E-state index contributed by atoms with van der Waals surface area (Å²) >= 11 is 0. The predicted molar refractivity (Wildman–Crippen MR) is 112 cm³/mol. The number of hydrogen-bond donors (Lipinski definition) is 0. The Kier molecular flexibility index (Phi) is 6.00. The fraction of sp³-hybridized carbons (Fsp3) is 0.435. The van der Waals surface area contributed by atoms with Crippen LogP contribution < -0.4 is 9.64 Å². The molecule has 0 radical (unpaired) electrons. The van der Waals surface area contributed by atoms with Gasteiger partial charge in [0, 0.05) is 44.0 Å². The van der Waals surface area contributed by atoms with Gasteiger partial charge in [0.2, 0.25) is 5.91 Å². The highest BCUT2D eigenvalue weighted by atomic mass is 19.1. The first-order valence-electron chi connectivity index (χ1n) is 10.3. The Bertz CT molecular complexity index is 834. The zero-order chi connectivity index (χ0) is 20.2. The number of rotatable bonds is 5. The molecule has 0 aromatic heterocycles. The lowest BCUT2D eigenvalue weighted by molar-refractivity contribution is -0.136. The predicted octanol–water partition coefficient (Wildman–Crippen LogP) is 3.15. The Balaban J connectivity index is 1.35. The largest absolute Gasteiger partial charge is 0.497 e. The number of carbonyl (C=O) groups is 1. The van der Waals surface area contributed by atoms with Gasteiger partial charge in [0.1, 0.15) is 11.6 Å². The number of ether oxygens (including phenoxy) is 1. The highest BCUT2D eigenvalue weighted by Crippen LogP contribution is 2.25. The molecule has 0 aliphatic carbocycles. The number of hydrogen-bond acceptors (Lipinski definition) is 4. The van der Waals surface area contributed by atoms with Crippen molar-refractivity contribution in [2.24, 2.45) is 0 Å². The summed E-state index contributed by atoms with van der Waals surface area (Å²) < 4.78 is 19.3. The zero-order valence-electron chi connectivity index (χ0n) is 16.9. The molecule has 4 rings (SSSR count). The number of piperazine rings is 1. The quantitative estimate of drug-likeness (QED) is 0.777. The Morgan fingerprint density at radius 2 is 1.76 bits per heavy atom. The number of likely N-dealkylation sites (tertiary alicyclic amines) is 1. The minimum Gasteiger partial charge on any atom is -0.497 e. The number of methoxy groups -OCH3 is 1. The summed E-state index contributed by atoms with van der Waals surface area (Å²) in [6.07, 6.45) is 1.84. The summed E-state index contributed by atoms with van der Waals surface area (Å²) in [5.74, 6) is 0.839. The van der Waals surface area contributed by atoms with Crippen LogP contribution in [0.15, 0.2) is 48.5 Å². The van der Waals surface area contributed by atoms with Crippen LogP contribution in [-0.4, -0.2) is 61.6 Å². The molecule has 5 nitrogen and oxygen atoms in total. The van der Waals surface area contributed by atoms with Crippen LogP contribution in [0.2, 0.25) is 0 Å². The normalized spacial score (nSPS) is 20.1. The van der Waals surface area contributed by atoms with Gasteiger partial charge in [0.15, 0.2) is 0 Å². The number of carbonyl (C=O) groups excluding carboxylic acids is 1. The van der Waals surface area contributed by atoms with Crippen molar-refractivity contribution in [2.75, 3.05) is 44.7 Å². The van der Waals surface area contributed by atoms with Crippen LogP contribution in [-0.2, 0) is 11.3 Å². The van der Waals surface area contributed by atoms with Crippen molar-refractivity contribution in [3.05, 3.63) is 59.9 Å². The molecule has 2 heterocycles. The van der Waals surface area contributed by atoms with Gasteiger partial charge in [-0.05, 0) is 49.7 Å². The van der Waals surface area contributed by atoms with Crippen molar-refractivity contribution in [1.29, 1.82) is 0 Å². The van der Waals surface area contributed by atoms with E-state index in [9.17, 15) is 9.18 Å². The van der Waals surface area contributed by atoms with Gasteiger partial charge in [-0.2, -0.15) is 0 Å². The van der Waals surface area contributed by atoms with Crippen molar-refractivity contribution in [3.8, 4) is 5.75 Å². The topological polar surface area (TPSA) is 36.0 Å². The molecule has 1 amide bonds. The van der Waals surface area contributed by atoms with Gasteiger partial charge < -0.3 is 14.5 Å². The van der Waals surface area contributed by atoms with Crippen molar-refractivity contribution in [3.63, 3.8) is 0 Å². The van der Waals surface area contributed by atoms with Crippen LogP contribution >= 0.6 is 0 Å². The molecule has 0 spiro atoms. The van der Waals surface area contributed by atoms with Gasteiger partial charge in [-0.1, -0.05) is 18.2 Å². The van der Waals surface area contributed by atoms with Crippen molar-refractivity contribution in [2.45, 2.75) is 25.4 Å². The maximum atomic E-state index is 14.0. The van der Waals surface area contributed by atoms with E-state index in [1.165, 1.54) is 6.07 Å². The highest BCUT2D eigenvalue weighted by molar-refractivity contribution is 5.82. The number of halogens is 1. The van der Waals surface area contributed by atoms with Gasteiger partial charge in [0.25, 0.3) is 0 Å². The van der Waals surface area contributed by atoms with E-state index in [1.807, 2.05) is 29.2 Å². The standard InChI is InChI=1S/C23H28FN3O2/c1-29-20-10-8-19(9-11-20)25-13-15-26(16-14-25)23(28)22-7-4-12-27(22)17-18-5-2-3-6-21(18)24/h2-3,5-6,8-11,22H,4,7,12-17H2,1H3. The third kappa shape index (κ3) is 4.37. The minimum atomic E-state index is -0.196. The van der Waals surface area contributed by atoms with Gasteiger partial charge >= 0.3 is 0 Å². The molecule has 2 aromatic rings. The maximum absolute atomic E-state index is 14.0. The van der Waals surface area contributed by atoms with Crippen molar-refractivity contribution >= 4 is 11.6 Å². The SMILES string of the molecule is COc1ccc(N2CCN(C(=O)C3CCCN3Cc3ccccc3F)CC2)cc1. The Morgan fingerprint density at radius 1 is 1.03 bits per heavy atom. The average Bonchev–Trinajstić information content (AvgIpc) is 3.23. The van der Waals surface area contributed by atoms with Crippen LogP contribution in [0.25, 0.3) is 0 Å². The van der Waals surface area contributed by atoms with Crippen LogP contribution in [0.5, 0.6) is 5.75 Å². The molecule has 1 atom stereocenters. The molecule has 2 aliphatic heterocycles. The first-order chi connectivity index (χ1) is 14.2. The maximum Gasteiger partial charge on any atom is 0.240 e. The lowest BCUT2D eigenvalue weighted by atomic mass is 10.1. The van der Waals surface area contributed by atoms with Gasteiger partial charge in [0.05, 0.1) is 13.2 Å². The average molecular weight is 397 g/mol. The van der Waals surface area contributed by atoms with E-state index in [1.54, 1.807) is 13.2 Å². The molecule has 2 aliphatic rings. The van der Waals surface area contributed by atoms with Crippen LogP contribution in [0.1, 0.15) is 18.4 Å². The van der Waals surface area contributed by atoms with Crippen molar-refractivity contribution < 1.29 is 13.9 Å². The lowest BCUT2D eigenvalue weighted by Crippen LogP contribution is -2.53. The molecule has 2 aromatic carbocycles. The van der Waals surface area contributed by atoms with Gasteiger partial charge in [-0.25, -0.2) is 4.39 Å². The van der Waals surface area contributed by atoms with Crippen LogP contribution in [0.3, 0.4) is 0 Å². The molecule has 29 heavy (non-hydrogen) atoms. The zero-order valence-corrected chi connectivity index (χ0v) is 16.9. The van der Waals surface area contributed by atoms with Crippen LogP contribution in [0, 0.1) is 5.82 Å². The smallest absolute Gasteiger partial charge is 0.240 e. The molecular weight excluding hydrogens is 369 g/mol. The Labute approximate surface area is 171 Å². The molecule has 0 saturated carbocycles. The molecule has 0 N–H and O–H groups in total. The summed E-state index contributed by atoms with van der Waals surface area (Å²) in [7, 11) is 1.66. The van der Waals surface area contributed by atoms with E-state index < -0.39 is 0 Å². The van der Waals surface area contributed by atoms with E-state index >= 15 is 0 Å². The number of amides is 1. The summed E-state index contributed by atoms with van der Waals surface area (Å²) in [6, 6.07) is 14.8. The van der Waals surface area contributed by atoms with E-state index in [0.717, 1.165) is 57.0 Å². The fourth-order valence-corrected chi connectivity index (χ4v) is 4.33. The molecule has 6 heteroatoms. The lowest BCUT2D eigenvalue weighted by Gasteiger charge is -2.38. The van der Waals surface area contributed by atoms with Crippen LogP contribution in [0.4, 0.5) is 10.1 Å². The first-order valence-corrected chi connectivity index (χ1v) is 10.3. The summed E-state index contributed by atoms with van der Waals surface area (Å²) in [4.78, 5) is 19.6. The second kappa shape index (κ2) is 8.82. The second-order valence-electron chi connectivity index (χ2n) is 7.73. The van der Waals surface area contributed by atoms with Gasteiger partial charge in [-0.15, -0.1) is 0 Å². The second-order valence-corrected chi connectivity index (χ2v) is 7.73.